The van der Waals surface area contributed by atoms with Crippen LogP contribution in [0.3, 0.4) is 0 Å². The first-order valence-corrected chi connectivity index (χ1v) is 4.98. The van der Waals surface area contributed by atoms with Crippen molar-refractivity contribution < 1.29 is 14.3 Å². The van der Waals surface area contributed by atoms with Crippen LogP contribution in [0.5, 0.6) is 0 Å². The van der Waals surface area contributed by atoms with Gasteiger partial charge in [-0.15, -0.1) is 0 Å². The van der Waals surface area contributed by atoms with Gasteiger partial charge in [-0.25, -0.2) is 19.2 Å². The summed E-state index contributed by atoms with van der Waals surface area (Å²) < 4.78 is 13.0. The third-order valence-corrected chi connectivity index (χ3v) is 2.19. The first-order chi connectivity index (χ1) is 8.06. The van der Waals surface area contributed by atoms with Gasteiger partial charge in [0, 0.05) is 11.6 Å². The molecule has 0 bridgehead atoms. The van der Waals surface area contributed by atoms with Gasteiger partial charge in [-0.3, -0.25) is 0 Å². The fraction of sp³-hybridized carbons (Fsp3) is 0. The van der Waals surface area contributed by atoms with Crippen LogP contribution in [0.4, 0.5) is 4.39 Å². The van der Waals surface area contributed by atoms with Crippen molar-refractivity contribution in [3.63, 3.8) is 0 Å². The Labute approximate surface area is 101 Å². The third-order valence-electron chi connectivity index (χ3n) is 2.00. The Kier molecular flexibility index (Phi) is 3.01. The van der Waals surface area contributed by atoms with Crippen LogP contribution in [-0.2, 0) is 0 Å². The molecule has 0 saturated heterocycles. The van der Waals surface area contributed by atoms with Crippen molar-refractivity contribution in [2.75, 3.05) is 0 Å². The molecule has 17 heavy (non-hydrogen) atoms. The lowest BCUT2D eigenvalue weighted by molar-refractivity contribution is 0.0690. The van der Waals surface area contributed by atoms with Gasteiger partial charge in [-0.1, -0.05) is 23.7 Å². The maximum absolute atomic E-state index is 13.0. The lowest BCUT2D eigenvalue weighted by atomic mass is 10.2. The van der Waals surface area contributed by atoms with E-state index in [1.54, 1.807) is 6.07 Å². The van der Waals surface area contributed by atoms with Crippen LogP contribution in [0.1, 0.15) is 10.5 Å². The fourth-order valence-corrected chi connectivity index (χ4v) is 1.47. The molecule has 0 spiro atoms. The van der Waals surface area contributed by atoms with Crippen molar-refractivity contribution in [3.8, 4) is 11.4 Å². The zero-order valence-corrected chi connectivity index (χ0v) is 9.15. The minimum absolute atomic E-state index is 0.00309. The molecule has 0 amide bonds. The fourth-order valence-electron chi connectivity index (χ4n) is 1.28. The molecule has 2 rings (SSSR count). The molecular weight excluding hydrogens is 247 g/mol. The number of halogens is 2. The average molecular weight is 253 g/mol. The highest BCUT2D eigenvalue weighted by atomic mass is 35.5. The van der Waals surface area contributed by atoms with E-state index in [9.17, 15) is 9.18 Å². The minimum Gasteiger partial charge on any atom is -0.477 e. The molecule has 0 aliphatic carbocycles. The lowest BCUT2D eigenvalue weighted by Gasteiger charge is -2.02. The molecule has 0 aliphatic rings. The molecule has 0 fully saturated rings. The van der Waals surface area contributed by atoms with E-state index in [0.717, 1.165) is 6.07 Å². The number of rotatable bonds is 2. The maximum atomic E-state index is 13.0. The summed E-state index contributed by atoms with van der Waals surface area (Å²) in [5.74, 6) is -1.59. The van der Waals surface area contributed by atoms with Gasteiger partial charge in [-0.05, 0) is 12.1 Å². The molecule has 1 N–H and O–H groups in total. The molecule has 1 aromatic heterocycles. The SMILES string of the molecule is O=C(O)c1cc(Cl)nc(-c2cccc(F)c2)n1. The number of nitrogens with zero attached hydrogens (tertiary/aromatic N) is 2. The highest BCUT2D eigenvalue weighted by Gasteiger charge is 2.11. The quantitative estimate of drug-likeness (QED) is 0.835. The van der Waals surface area contributed by atoms with E-state index < -0.39 is 11.8 Å². The molecular formula is C11H6ClFN2O2. The van der Waals surface area contributed by atoms with E-state index in [1.807, 2.05) is 0 Å². The number of carboxylic acid groups (broad SMARTS) is 1. The molecule has 0 atom stereocenters. The van der Waals surface area contributed by atoms with Gasteiger partial charge in [0.1, 0.15) is 11.0 Å². The first kappa shape index (κ1) is 11.5. The minimum atomic E-state index is -1.22. The molecule has 86 valence electrons. The summed E-state index contributed by atoms with van der Waals surface area (Å²) in [6, 6.07) is 6.66. The number of benzene rings is 1. The summed E-state index contributed by atoms with van der Waals surface area (Å²) in [5.41, 5.74) is 0.138. The largest absolute Gasteiger partial charge is 0.477 e. The summed E-state index contributed by atoms with van der Waals surface area (Å²) in [6.07, 6.45) is 0. The number of hydrogen-bond donors (Lipinski definition) is 1. The summed E-state index contributed by atoms with van der Waals surface area (Å²) in [5, 5.41) is 8.81. The summed E-state index contributed by atoms with van der Waals surface area (Å²) in [7, 11) is 0. The molecule has 2 aromatic rings. The lowest BCUT2D eigenvalue weighted by Crippen LogP contribution is -2.03. The number of carboxylic acids is 1. The molecule has 1 heterocycles. The van der Waals surface area contributed by atoms with Gasteiger partial charge in [0.25, 0.3) is 0 Å². The summed E-state index contributed by atoms with van der Waals surface area (Å²) in [4.78, 5) is 18.4. The van der Waals surface area contributed by atoms with Gasteiger partial charge in [-0.2, -0.15) is 0 Å². The molecule has 0 unspecified atom stereocenters. The predicted octanol–water partition coefficient (Wildman–Crippen LogP) is 2.63. The highest BCUT2D eigenvalue weighted by molar-refractivity contribution is 6.29. The van der Waals surface area contributed by atoms with E-state index in [0.29, 0.717) is 5.56 Å². The zero-order valence-electron chi connectivity index (χ0n) is 8.39. The Bertz CT molecular complexity index is 589. The van der Waals surface area contributed by atoms with Gasteiger partial charge in [0.15, 0.2) is 11.5 Å². The Morgan fingerprint density at radius 1 is 1.29 bits per heavy atom. The van der Waals surface area contributed by atoms with Crippen LogP contribution < -0.4 is 0 Å². The zero-order chi connectivity index (χ0) is 12.4. The summed E-state index contributed by atoms with van der Waals surface area (Å²) in [6.45, 7) is 0. The number of carbonyl (C=O) groups is 1. The number of hydrogen-bond acceptors (Lipinski definition) is 3. The van der Waals surface area contributed by atoms with Crippen LogP contribution in [0.25, 0.3) is 11.4 Å². The Morgan fingerprint density at radius 2 is 2.06 bits per heavy atom. The van der Waals surface area contributed by atoms with E-state index in [-0.39, 0.29) is 16.7 Å². The normalized spacial score (nSPS) is 10.2. The first-order valence-electron chi connectivity index (χ1n) is 4.60. The van der Waals surface area contributed by atoms with Gasteiger partial charge < -0.3 is 5.11 Å². The van der Waals surface area contributed by atoms with Crippen molar-refractivity contribution in [3.05, 3.63) is 47.0 Å². The molecule has 1 aromatic carbocycles. The monoisotopic (exact) mass is 252 g/mol. The van der Waals surface area contributed by atoms with Crippen molar-refractivity contribution in [2.45, 2.75) is 0 Å². The Hall–Kier alpha value is -2.01. The van der Waals surface area contributed by atoms with Crippen molar-refractivity contribution in [2.24, 2.45) is 0 Å². The van der Waals surface area contributed by atoms with Gasteiger partial charge in [0.2, 0.25) is 0 Å². The Balaban J connectivity index is 2.56. The van der Waals surface area contributed by atoms with E-state index in [2.05, 4.69) is 9.97 Å². The van der Waals surface area contributed by atoms with E-state index in [1.165, 1.54) is 18.2 Å². The third kappa shape index (κ3) is 2.57. The highest BCUT2D eigenvalue weighted by Crippen LogP contribution is 2.18. The topological polar surface area (TPSA) is 63.1 Å². The van der Waals surface area contributed by atoms with E-state index >= 15 is 0 Å². The second-order valence-corrected chi connectivity index (χ2v) is 3.60. The molecule has 0 aliphatic heterocycles. The average Bonchev–Trinajstić information content (AvgIpc) is 2.28. The van der Waals surface area contributed by atoms with Crippen molar-refractivity contribution >= 4 is 17.6 Å². The molecule has 4 nitrogen and oxygen atoms in total. The molecule has 6 heteroatoms. The van der Waals surface area contributed by atoms with Crippen molar-refractivity contribution in [1.82, 2.24) is 9.97 Å². The smallest absolute Gasteiger partial charge is 0.354 e. The van der Waals surface area contributed by atoms with Crippen LogP contribution in [0.2, 0.25) is 5.15 Å². The van der Waals surface area contributed by atoms with Crippen LogP contribution >= 0.6 is 11.6 Å². The van der Waals surface area contributed by atoms with Crippen LogP contribution in [-0.4, -0.2) is 21.0 Å². The molecule has 0 radical (unpaired) electrons. The van der Waals surface area contributed by atoms with E-state index in [4.69, 9.17) is 16.7 Å². The predicted molar refractivity (Wildman–Crippen MR) is 59.4 cm³/mol. The number of aromatic carboxylic acids is 1. The molecule has 0 saturated carbocycles. The summed E-state index contributed by atoms with van der Waals surface area (Å²) >= 11 is 5.68. The second kappa shape index (κ2) is 4.47. The number of aromatic nitrogens is 2. The van der Waals surface area contributed by atoms with Gasteiger partial charge in [0.05, 0.1) is 0 Å². The second-order valence-electron chi connectivity index (χ2n) is 3.22. The maximum Gasteiger partial charge on any atom is 0.354 e. The van der Waals surface area contributed by atoms with Gasteiger partial charge >= 0.3 is 5.97 Å². The van der Waals surface area contributed by atoms with Crippen molar-refractivity contribution in [1.29, 1.82) is 0 Å². The standard InChI is InChI=1S/C11H6ClFN2O2/c12-9-5-8(11(16)17)14-10(15-9)6-2-1-3-7(13)4-6/h1-5H,(H,16,17). The van der Waals surface area contributed by atoms with Crippen LogP contribution in [0, 0.1) is 5.82 Å². The van der Waals surface area contributed by atoms with Crippen LogP contribution in [0.15, 0.2) is 30.3 Å². The Morgan fingerprint density at radius 3 is 2.71 bits per heavy atom.